The van der Waals surface area contributed by atoms with Crippen molar-refractivity contribution in [2.75, 3.05) is 25.6 Å². The Hall–Kier alpha value is -1.30. The molecule has 2 unspecified atom stereocenters. The van der Waals surface area contributed by atoms with Crippen molar-refractivity contribution in [3.63, 3.8) is 0 Å². The monoisotopic (exact) mass is 296 g/mol. The lowest BCUT2D eigenvalue weighted by Gasteiger charge is -2.35. The van der Waals surface area contributed by atoms with Gasteiger partial charge in [0.1, 0.15) is 0 Å². The van der Waals surface area contributed by atoms with Gasteiger partial charge >= 0.3 is 0 Å². The Kier molecular flexibility index (Phi) is 4.86. The number of nitrogens with one attached hydrogen (secondary N) is 2. The number of amides is 1. The Morgan fingerprint density at radius 3 is 2.90 bits per heavy atom. The number of nitrogen functional groups attached to an aromatic ring is 1. The summed E-state index contributed by atoms with van der Waals surface area (Å²) in [4.78, 5) is 14.7. The van der Waals surface area contributed by atoms with Crippen molar-refractivity contribution in [1.29, 1.82) is 0 Å². The van der Waals surface area contributed by atoms with Crippen molar-refractivity contribution in [3.05, 3.63) is 28.8 Å². The second-order valence-electron chi connectivity index (χ2n) is 5.44. The van der Waals surface area contributed by atoms with Gasteiger partial charge in [0.05, 0.1) is 11.3 Å². The normalized spacial score (nSPS) is 23.4. The van der Waals surface area contributed by atoms with Crippen LogP contribution in [0.4, 0.5) is 5.69 Å². The molecule has 0 spiro atoms. The van der Waals surface area contributed by atoms with Crippen LogP contribution < -0.4 is 16.6 Å². The van der Waals surface area contributed by atoms with Crippen molar-refractivity contribution in [1.82, 2.24) is 10.2 Å². The van der Waals surface area contributed by atoms with Crippen molar-refractivity contribution < 1.29 is 4.79 Å². The maximum absolute atomic E-state index is 12.4. The first-order valence-corrected chi connectivity index (χ1v) is 7.14. The third-order valence-electron chi connectivity index (χ3n) is 3.81. The van der Waals surface area contributed by atoms with Gasteiger partial charge in [0.2, 0.25) is 0 Å². The van der Waals surface area contributed by atoms with Crippen molar-refractivity contribution >= 4 is 23.2 Å². The predicted molar refractivity (Wildman–Crippen MR) is 81.8 cm³/mol. The van der Waals surface area contributed by atoms with Gasteiger partial charge in [-0.25, -0.2) is 0 Å². The topological polar surface area (TPSA) is 70.4 Å². The lowest BCUT2D eigenvalue weighted by Crippen LogP contribution is -2.49. The standard InChI is InChI=1S/C14H21ClN4O/c1-9-8-19(2)6-5-12(9)17-14(20)11-7-10(15)3-4-13(11)18-16/h3-4,7,9,12,18H,5-6,8,16H2,1-2H3,(H,17,20). The van der Waals surface area contributed by atoms with Gasteiger partial charge in [-0.15, -0.1) is 0 Å². The fourth-order valence-corrected chi connectivity index (χ4v) is 2.82. The summed E-state index contributed by atoms with van der Waals surface area (Å²) >= 11 is 5.95. The molecule has 1 aliphatic rings. The zero-order chi connectivity index (χ0) is 14.7. The number of anilines is 1. The molecule has 2 rings (SSSR count). The Balaban J connectivity index is 2.10. The van der Waals surface area contributed by atoms with Crippen LogP contribution in [0.1, 0.15) is 23.7 Å². The fraction of sp³-hybridized carbons (Fsp3) is 0.500. The Morgan fingerprint density at radius 2 is 2.25 bits per heavy atom. The summed E-state index contributed by atoms with van der Waals surface area (Å²) in [6.07, 6.45) is 0.954. The summed E-state index contributed by atoms with van der Waals surface area (Å²) in [6, 6.07) is 5.22. The maximum atomic E-state index is 12.4. The van der Waals surface area contributed by atoms with E-state index in [0.717, 1.165) is 19.5 Å². The van der Waals surface area contributed by atoms with E-state index < -0.39 is 0 Å². The van der Waals surface area contributed by atoms with Crippen LogP contribution in [-0.2, 0) is 0 Å². The molecule has 20 heavy (non-hydrogen) atoms. The van der Waals surface area contributed by atoms with Crippen molar-refractivity contribution in [2.24, 2.45) is 11.8 Å². The van der Waals surface area contributed by atoms with Gasteiger partial charge < -0.3 is 15.6 Å². The summed E-state index contributed by atoms with van der Waals surface area (Å²) in [5, 5.41) is 3.61. The highest BCUT2D eigenvalue weighted by Crippen LogP contribution is 2.21. The van der Waals surface area contributed by atoms with E-state index in [1.165, 1.54) is 0 Å². The number of hydrogen-bond donors (Lipinski definition) is 3. The number of piperidine rings is 1. The number of likely N-dealkylation sites (tertiary alicyclic amines) is 1. The van der Waals surface area contributed by atoms with Crippen molar-refractivity contribution in [3.8, 4) is 0 Å². The molecular weight excluding hydrogens is 276 g/mol. The average molecular weight is 297 g/mol. The molecule has 6 heteroatoms. The largest absolute Gasteiger partial charge is 0.349 e. The van der Waals surface area contributed by atoms with Crippen LogP contribution in [0.2, 0.25) is 5.02 Å². The van der Waals surface area contributed by atoms with Crippen LogP contribution in [0.3, 0.4) is 0 Å². The van der Waals surface area contributed by atoms with E-state index in [0.29, 0.717) is 22.2 Å². The molecule has 1 aromatic carbocycles. The molecule has 0 aromatic heterocycles. The van der Waals surface area contributed by atoms with Crippen LogP contribution >= 0.6 is 11.6 Å². The molecule has 0 aliphatic carbocycles. The Labute approximate surface area is 124 Å². The lowest BCUT2D eigenvalue weighted by atomic mass is 9.94. The quantitative estimate of drug-likeness (QED) is 0.586. The Morgan fingerprint density at radius 1 is 1.50 bits per heavy atom. The molecule has 1 aromatic rings. The van der Waals surface area contributed by atoms with Crippen LogP contribution in [0.15, 0.2) is 18.2 Å². The second-order valence-corrected chi connectivity index (χ2v) is 5.88. The molecule has 1 saturated heterocycles. The zero-order valence-electron chi connectivity index (χ0n) is 11.8. The third kappa shape index (κ3) is 3.42. The van der Waals surface area contributed by atoms with E-state index >= 15 is 0 Å². The van der Waals surface area contributed by atoms with E-state index in [2.05, 4.69) is 29.6 Å². The maximum Gasteiger partial charge on any atom is 0.253 e. The van der Waals surface area contributed by atoms with Crippen LogP contribution in [0.5, 0.6) is 0 Å². The summed E-state index contributed by atoms with van der Waals surface area (Å²) in [7, 11) is 2.10. The number of nitrogens with two attached hydrogens (primary N) is 1. The molecule has 1 aliphatic heterocycles. The van der Waals surface area contributed by atoms with Crippen LogP contribution in [0.25, 0.3) is 0 Å². The smallest absolute Gasteiger partial charge is 0.253 e. The molecule has 1 amide bonds. The number of nitrogens with zero attached hydrogens (tertiary/aromatic N) is 1. The average Bonchev–Trinajstić information content (AvgIpc) is 2.41. The number of carbonyl (C=O) groups is 1. The SMILES string of the molecule is CC1CN(C)CCC1NC(=O)c1cc(Cl)ccc1NN. The molecule has 0 radical (unpaired) electrons. The molecule has 5 nitrogen and oxygen atoms in total. The first-order valence-electron chi connectivity index (χ1n) is 6.77. The van der Waals surface area contributed by atoms with Gasteiger partial charge in [-0.05, 0) is 44.1 Å². The molecule has 0 bridgehead atoms. The number of halogens is 1. The second kappa shape index (κ2) is 6.43. The van der Waals surface area contributed by atoms with Gasteiger partial charge in [0.25, 0.3) is 5.91 Å². The van der Waals surface area contributed by atoms with E-state index in [4.69, 9.17) is 17.4 Å². The zero-order valence-corrected chi connectivity index (χ0v) is 12.6. The van der Waals surface area contributed by atoms with Gasteiger partial charge in [0, 0.05) is 17.6 Å². The summed E-state index contributed by atoms with van der Waals surface area (Å²) < 4.78 is 0. The van der Waals surface area contributed by atoms with E-state index in [-0.39, 0.29) is 11.9 Å². The highest BCUT2D eigenvalue weighted by Gasteiger charge is 2.26. The van der Waals surface area contributed by atoms with Crippen LogP contribution in [-0.4, -0.2) is 37.0 Å². The van der Waals surface area contributed by atoms with E-state index in [1.807, 2.05) is 0 Å². The number of carbonyl (C=O) groups excluding carboxylic acids is 1. The number of benzene rings is 1. The predicted octanol–water partition coefficient (Wildman–Crippen LogP) is 1.70. The molecule has 4 N–H and O–H groups in total. The lowest BCUT2D eigenvalue weighted by molar-refractivity contribution is 0.0884. The minimum absolute atomic E-state index is 0.137. The number of hydrazine groups is 1. The third-order valence-corrected chi connectivity index (χ3v) is 4.04. The Bertz CT molecular complexity index is 494. The molecule has 1 heterocycles. The van der Waals surface area contributed by atoms with Gasteiger partial charge in [-0.3, -0.25) is 10.6 Å². The number of rotatable bonds is 3. The van der Waals surface area contributed by atoms with Crippen molar-refractivity contribution in [2.45, 2.75) is 19.4 Å². The van der Waals surface area contributed by atoms with Gasteiger partial charge in [-0.1, -0.05) is 18.5 Å². The highest BCUT2D eigenvalue weighted by atomic mass is 35.5. The first-order chi connectivity index (χ1) is 9.51. The van der Waals surface area contributed by atoms with E-state index in [1.54, 1.807) is 18.2 Å². The molecular formula is C14H21ClN4O. The highest BCUT2D eigenvalue weighted by molar-refractivity contribution is 6.31. The summed E-state index contributed by atoms with van der Waals surface area (Å²) in [5.41, 5.74) is 3.59. The molecule has 2 atom stereocenters. The molecule has 0 saturated carbocycles. The first kappa shape index (κ1) is 15.1. The molecule has 110 valence electrons. The van der Waals surface area contributed by atoms with Gasteiger partial charge in [0.15, 0.2) is 0 Å². The molecule has 1 fully saturated rings. The van der Waals surface area contributed by atoms with Crippen LogP contribution in [0, 0.1) is 5.92 Å². The van der Waals surface area contributed by atoms with E-state index in [9.17, 15) is 4.79 Å². The minimum atomic E-state index is -0.137. The fourth-order valence-electron chi connectivity index (χ4n) is 2.64. The summed E-state index contributed by atoms with van der Waals surface area (Å²) in [6.45, 7) is 4.13. The minimum Gasteiger partial charge on any atom is -0.349 e. The number of hydrogen-bond acceptors (Lipinski definition) is 4. The van der Waals surface area contributed by atoms with Gasteiger partial charge in [-0.2, -0.15) is 0 Å². The summed E-state index contributed by atoms with van der Waals surface area (Å²) in [5.74, 6) is 5.72.